The number of hydrogen-bond donors (Lipinski definition) is 0. The van der Waals surface area contributed by atoms with E-state index in [-0.39, 0.29) is 5.92 Å². The molecule has 0 bridgehead atoms. The first-order valence-electron chi connectivity index (χ1n) is 7.10. The van der Waals surface area contributed by atoms with E-state index in [1.54, 1.807) is 7.11 Å². The van der Waals surface area contributed by atoms with Gasteiger partial charge in [0, 0.05) is 45.1 Å². The number of nitrogens with zero attached hydrogens (tertiary/aromatic N) is 2. The Kier molecular flexibility index (Phi) is 5.02. The molecule has 0 saturated heterocycles. The van der Waals surface area contributed by atoms with Crippen LogP contribution >= 0.6 is 0 Å². The average Bonchev–Trinajstić information content (AvgIpc) is 2.71. The van der Waals surface area contributed by atoms with Gasteiger partial charge in [-0.2, -0.15) is 0 Å². The van der Waals surface area contributed by atoms with E-state index in [1.807, 2.05) is 24.2 Å². The molecule has 2 rings (SSSR count). The molecule has 1 fully saturated rings. The van der Waals surface area contributed by atoms with Crippen LogP contribution in [0.15, 0.2) is 18.3 Å². The minimum absolute atomic E-state index is 0.266. The normalized spacial score (nSPS) is 15.3. The molecule has 1 aliphatic carbocycles. The van der Waals surface area contributed by atoms with Crippen molar-refractivity contribution >= 4 is 5.91 Å². The van der Waals surface area contributed by atoms with Crippen molar-refractivity contribution in [1.82, 2.24) is 9.47 Å². The zero-order valence-corrected chi connectivity index (χ0v) is 12.0. The molecule has 0 atom stereocenters. The van der Waals surface area contributed by atoms with Crippen molar-refractivity contribution < 1.29 is 9.53 Å². The molecule has 19 heavy (non-hydrogen) atoms. The van der Waals surface area contributed by atoms with Gasteiger partial charge >= 0.3 is 0 Å². The molecule has 1 aromatic heterocycles. The predicted molar refractivity (Wildman–Crippen MR) is 74.7 cm³/mol. The quantitative estimate of drug-likeness (QED) is 0.708. The summed E-state index contributed by atoms with van der Waals surface area (Å²) in [5.41, 5.74) is 1.19. The lowest BCUT2D eigenvalue weighted by molar-refractivity contribution is -0.139. The van der Waals surface area contributed by atoms with Crippen LogP contribution < -0.4 is 0 Å². The summed E-state index contributed by atoms with van der Waals surface area (Å²) in [6.07, 6.45) is 6.25. The summed E-state index contributed by atoms with van der Waals surface area (Å²) >= 11 is 0. The molecule has 0 N–H and O–H groups in total. The minimum Gasteiger partial charge on any atom is -0.385 e. The smallest absolute Gasteiger partial charge is 0.226 e. The van der Waals surface area contributed by atoms with Crippen LogP contribution in [0.4, 0.5) is 0 Å². The second-order valence-corrected chi connectivity index (χ2v) is 5.34. The van der Waals surface area contributed by atoms with E-state index in [0.29, 0.717) is 19.1 Å². The Morgan fingerprint density at radius 1 is 1.53 bits per heavy atom. The first kappa shape index (κ1) is 14.1. The number of carbonyl (C=O) groups excluding carboxylic acids is 1. The molecule has 0 aliphatic heterocycles. The standard InChI is InChI=1S/C15H24N2O2/c1-16-9-4-8-14(16)12-17(10-5-11-19-2)15(18)13-6-3-7-13/h4,8-9,13H,3,5-7,10-12H2,1-2H3. The fourth-order valence-electron chi connectivity index (χ4n) is 2.44. The molecular formula is C15H24N2O2. The minimum atomic E-state index is 0.266. The number of hydrogen-bond acceptors (Lipinski definition) is 2. The molecule has 1 amide bonds. The van der Waals surface area contributed by atoms with Gasteiger partial charge in [-0.25, -0.2) is 0 Å². The Morgan fingerprint density at radius 3 is 2.84 bits per heavy atom. The third-order valence-electron chi connectivity index (χ3n) is 3.95. The number of rotatable bonds is 7. The van der Waals surface area contributed by atoms with Crippen molar-refractivity contribution in [3.8, 4) is 0 Å². The van der Waals surface area contributed by atoms with Crippen LogP contribution in [-0.2, 0) is 23.1 Å². The zero-order chi connectivity index (χ0) is 13.7. The van der Waals surface area contributed by atoms with Crippen molar-refractivity contribution in [3.63, 3.8) is 0 Å². The summed E-state index contributed by atoms with van der Waals surface area (Å²) in [6.45, 7) is 2.21. The van der Waals surface area contributed by atoms with E-state index in [4.69, 9.17) is 4.74 Å². The summed E-state index contributed by atoms with van der Waals surface area (Å²) in [5.74, 6) is 0.589. The highest BCUT2D eigenvalue weighted by Crippen LogP contribution is 2.28. The molecule has 1 saturated carbocycles. The van der Waals surface area contributed by atoms with E-state index in [2.05, 4.69) is 10.6 Å². The van der Waals surface area contributed by atoms with Crippen molar-refractivity contribution in [2.75, 3.05) is 20.3 Å². The SMILES string of the molecule is COCCCN(Cc1cccn1C)C(=O)C1CCC1. The van der Waals surface area contributed by atoms with Gasteiger partial charge in [-0.05, 0) is 31.4 Å². The molecule has 1 heterocycles. The van der Waals surface area contributed by atoms with Crippen LogP contribution in [0.1, 0.15) is 31.4 Å². The van der Waals surface area contributed by atoms with Gasteiger partial charge in [0.05, 0.1) is 6.54 Å². The van der Waals surface area contributed by atoms with Crippen molar-refractivity contribution in [2.45, 2.75) is 32.2 Å². The highest BCUT2D eigenvalue weighted by Gasteiger charge is 2.29. The second-order valence-electron chi connectivity index (χ2n) is 5.34. The van der Waals surface area contributed by atoms with Gasteiger partial charge in [0.2, 0.25) is 5.91 Å². The Hall–Kier alpha value is -1.29. The number of aryl methyl sites for hydroxylation is 1. The molecule has 0 spiro atoms. The monoisotopic (exact) mass is 264 g/mol. The summed E-state index contributed by atoms with van der Waals surface area (Å²) in [7, 11) is 3.73. The van der Waals surface area contributed by atoms with E-state index < -0.39 is 0 Å². The van der Waals surface area contributed by atoms with Crippen molar-refractivity contribution in [1.29, 1.82) is 0 Å². The third kappa shape index (κ3) is 3.60. The van der Waals surface area contributed by atoms with Crippen LogP contribution in [0, 0.1) is 5.92 Å². The topological polar surface area (TPSA) is 34.5 Å². The number of carbonyl (C=O) groups is 1. The van der Waals surface area contributed by atoms with Gasteiger partial charge in [-0.3, -0.25) is 4.79 Å². The molecule has 106 valence electrons. The van der Waals surface area contributed by atoms with E-state index in [0.717, 1.165) is 25.8 Å². The van der Waals surface area contributed by atoms with Crippen LogP contribution in [0.5, 0.6) is 0 Å². The molecule has 1 aliphatic rings. The summed E-state index contributed by atoms with van der Waals surface area (Å²) in [4.78, 5) is 14.4. The lowest BCUT2D eigenvalue weighted by Crippen LogP contribution is -2.39. The first-order valence-corrected chi connectivity index (χ1v) is 7.10. The zero-order valence-electron chi connectivity index (χ0n) is 12.0. The van der Waals surface area contributed by atoms with Crippen LogP contribution in [0.2, 0.25) is 0 Å². The van der Waals surface area contributed by atoms with Gasteiger partial charge in [0.15, 0.2) is 0 Å². The number of methoxy groups -OCH3 is 1. The Morgan fingerprint density at radius 2 is 2.32 bits per heavy atom. The maximum atomic E-state index is 12.4. The maximum Gasteiger partial charge on any atom is 0.226 e. The molecule has 0 unspecified atom stereocenters. The fraction of sp³-hybridized carbons (Fsp3) is 0.667. The first-order chi connectivity index (χ1) is 9.22. The van der Waals surface area contributed by atoms with Gasteiger partial charge in [0.25, 0.3) is 0 Å². The lowest BCUT2D eigenvalue weighted by atomic mass is 9.84. The highest BCUT2D eigenvalue weighted by atomic mass is 16.5. The molecule has 4 nitrogen and oxygen atoms in total. The van der Waals surface area contributed by atoms with Crippen molar-refractivity contribution in [3.05, 3.63) is 24.0 Å². The number of amides is 1. The third-order valence-corrected chi connectivity index (χ3v) is 3.95. The Labute approximate surface area is 115 Å². The average molecular weight is 264 g/mol. The lowest BCUT2D eigenvalue weighted by Gasteiger charge is -2.31. The number of ether oxygens (including phenoxy) is 1. The van der Waals surface area contributed by atoms with Gasteiger partial charge < -0.3 is 14.2 Å². The fourth-order valence-corrected chi connectivity index (χ4v) is 2.44. The molecule has 0 aromatic carbocycles. The molecule has 0 radical (unpaired) electrons. The van der Waals surface area contributed by atoms with E-state index in [9.17, 15) is 4.79 Å². The van der Waals surface area contributed by atoms with E-state index >= 15 is 0 Å². The highest BCUT2D eigenvalue weighted by molar-refractivity contribution is 5.79. The molecule has 1 aromatic rings. The summed E-state index contributed by atoms with van der Waals surface area (Å²) in [6, 6.07) is 4.11. The van der Waals surface area contributed by atoms with Crippen LogP contribution in [-0.4, -0.2) is 35.6 Å². The Balaban J connectivity index is 1.96. The summed E-state index contributed by atoms with van der Waals surface area (Å²) < 4.78 is 7.17. The largest absolute Gasteiger partial charge is 0.385 e. The second kappa shape index (κ2) is 6.75. The van der Waals surface area contributed by atoms with Crippen LogP contribution in [0.3, 0.4) is 0 Å². The van der Waals surface area contributed by atoms with Gasteiger partial charge in [0.1, 0.15) is 0 Å². The Bertz CT molecular complexity index is 410. The summed E-state index contributed by atoms with van der Waals surface area (Å²) in [5, 5.41) is 0. The van der Waals surface area contributed by atoms with Crippen LogP contribution in [0.25, 0.3) is 0 Å². The molecule has 4 heteroatoms. The van der Waals surface area contributed by atoms with Gasteiger partial charge in [-0.15, -0.1) is 0 Å². The molecular weight excluding hydrogens is 240 g/mol. The number of aromatic nitrogens is 1. The van der Waals surface area contributed by atoms with E-state index in [1.165, 1.54) is 12.1 Å². The maximum absolute atomic E-state index is 12.4. The van der Waals surface area contributed by atoms with Gasteiger partial charge in [-0.1, -0.05) is 6.42 Å². The van der Waals surface area contributed by atoms with Crippen molar-refractivity contribution in [2.24, 2.45) is 13.0 Å². The predicted octanol–water partition coefficient (Wildman–Crippen LogP) is 2.19.